The highest BCUT2D eigenvalue weighted by Gasteiger charge is 2.62. The maximum absolute atomic E-state index is 14.7. The van der Waals surface area contributed by atoms with E-state index in [0.717, 1.165) is 41.2 Å². The van der Waals surface area contributed by atoms with Crippen molar-refractivity contribution in [3.8, 4) is 34.9 Å². The first-order valence-corrected chi connectivity index (χ1v) is 24.8. The lowest BCUT2D eigenvalue weighted by molar-refractivity contribution is -0.00841. The largest absolute Gasteiger partial charge is 0.494 e. The molecular weight excluding hydrogens is 1010 g/mol. The summed E-state index contributed by atoms with van der Waals surface area (Å²) in [6.07, 6.45) is 6.29. The van der Waals surface area contributed by atoms with E-state index >= 15 is 0 Å². The number of nitrogens with zero attached hydrogens (tertiary/aromatic N) is 4. The van der Waals surface area contributed by atoms with Gasteiger partial charge < -0.3 is 20.4 Å². The first-order chi connectivity index (χ1) is 37.4. The van der Waals surface area contributed by atoms with Crippen LogP contribution in [0.25, 0.3) is 11.4 Å². The summed E-state index contributed by atoms with van der Waals surface area (Å²) in [4.78, 5) is 71.0. The van der Waals surface area contributed by atoms with Crippen molar-refractivity contribution < 1.29 is 62.0 Å². The van der Waals surface area contributed by atoms with E-state index in [1.165, 1.54) is 60.7 Å². The molecule has 2 aromatic heterocycles. The number of ketones is 1. The Hall–Kier alpha value is -9.77. The van der Waals surface area contributed by atoms with Crippen LogP contribution in [-0.4, -0.2) is 70.8 Å². The van der Waals surface area contributed by atoms with Crippen LogP contribution in [0.3, 0.4) is 0 Å². The minimum Gasteiger partial charge on any atom is -0.494 e. The molecule has 4 N–H and O–H groups in total. The third-order valence-corrected chi connectivity index (χ3v) is 16.2. The van der Waals surface area contributed by atoms with Crippen LogP contribution in [0.1, 0.15) is 126 Å². The number of amides is 4. The van der Waals surface area contributed by atoms with Gasteiger partial charge in [0.1, 0.15) is 0 Å². The number of carbonyl (C=O) groups excluding carboxylic acids is 5. The Morgan fingerprint density at radius 2 is 0.654 bits per heavy atom. The number of halogens is 4. The molecule has 2 aliphatic heterocycles. The Kier molecular flexibility index (Phi) is 9.66. The first-order valence-electron chi connectivity index (χ1n) is 24.8. The number of rotatable bonds is 10. The second kappa shape index (κ2) is 16.1. The van der Waals surface area contributed by atoms with Gasteiger partial charge in [0.15, 0.2) is 5.78 Å². The van der Waals surface area contributed by atoms with E-state index < -0.39 is 88.4 Å². The lowest BCUT2D eigenvalue weighted by Gasteiger charge is -2.17. The molecule has 4 bridgehead atoms. The zero-order valence-electron chi connectivity index (χ0n) is 40.4. The van der Waals surface area contributed by atoms with E-state index in [9.17, 15) is 62.0 Å². The lowest BCUT2D eigenvalue weighted by atomic mass is 9.96. The van der Waals surface area contributed by atoms with Crippen LogP contribution < -0.4 is 9.80 Å². The molecule has 4 amide bonds. The van der Waals surface area contributed by atoms with E-state index in [0.29, 0.717) is 35.6 Å². The number of alkyl halides is 4. The number of fused-ring (bicyclic) bond motifs is 12. The second-order valence-corrected chi connectivity index (χ2v) is 20.4. The standard InChI is InChI=1S/C61H38F4N4O9/c62-60(63)43-21-22-44(60)48-47(43)56(75)68(57(48)76)37-15-5-31(6-16-37)25-29-1-11-35(12-2-29)66-52(71)39-19-9-33(27-41(39)54(66)73)51(70)34-10-20-40-42(28-34)55(74)67(53(40)72)36-13-3-30(4-14-36)26-32-7-17-38(18-8-32)69-58(77)49-45-23-24-46(61(45,64)65)50(49)59(69)78/h1-24,27-28,43-46,75-78H,25-26H2. The number of allylic oxidation sites excluding steroid dienone is 4. The van der Waals surface area contributed by atoms with Crippen LogP contribution >= 0.6 is 0 Å². The monoisotopic (exact) mass is 1050 g/mol. The predicted octanol–water partition coefficient (Wildman–Crippen LogP) is 10.9. The highest BCUT2D eigenvalue weighted by Crippen LogP contribution is 2.65. The van der Waals surface area contributed by atoms with Gasteiger partial charge in [0, 0.05) is 33.4 Å². The van der Waals surface area contributed by atoms with Crippen molar-refractivity contribution in [2.45, 2.75) is 48.4 Å². The SMILES string of the molecule is O=C(c1ccc2c(c1)C(=O)N(c1ccc(Cc3ccc(-n4c(O)c5c(c4O)C4C=CC5C4(F)F)cc3)cc1)C2=O)c1ccc2c(c1)C(=O)N(c1ccc(Cc3ccc(-n4c(O)c5c(c4O)C4C=CC5C4(F)F)cc3)cc1)C2=O. The quantitative estimate of drug-likeness (QED) is 0.0448. The molecule has 13 nitrogen and oxygen atoms in total. The van der Waals surface area contributed by atoms with Gasteiger partial charge in [-0.3, -0.25) is 33.1 Å². The molecular formula is C61H38F4N4O9. The van der Waals surface area contributed by atoms with Crippen LogP contribution in [0.15, 0.2) is 158 Å². The third kappa shape index (κ3) is 6.38. The molecule has 384 valence electrons. The maximum Gasteiger partial charge on any atom is 0.268 e. The summed E-state index contributed by atoms with van der Waals surface area (Å²) in [7, 11) is 0. The fraction of sp³-hybridized carbons (Fsp3) is 0.131. The molecule has 4 atom stereocenters. The first kappa shape index (κ1) is 46.7. The maximum atomic E-state index is 14.7. The number of aromatic hydroxyl groups is 4. The minimum atomic E-state index is -3.11. The number of imide groups is 2. The Morgan fingerprint density at radius 1 is 0.385 bits per heavy atom. The van der Waals surface area contributed by atoms with Gasteiger partial charge >= 0.3 is 0 Å². The molecule has 4 heterocycles. The summed E-state index contributed by atoms with van der Waals surface area (Å²) >= 11 is 0. The summed E-state index contributed by atoms with van der Waals surface area (Å²) in [5, 5.41) is 43.7. The Labute approximate surface area is 439 Å². The molecule has 0 fully saturated rings. The van der Waals surface area contributed by atoms with Crippen molar-refractivity contribution in [1.82, 2.24) is 9.13 Å². The van der Waals surface area contributed by atoms with Gasteiger partial charge in [-0.05, 0) is 108 Å². The number of aromatic nitrogens is 2. The van der Waals surface area contributed by atoms with Crippen molar-refractivity contribution in [1.29, 1.82) is 0 Å². The van der Waals surface area contributed by atoms with Gasteiger partial charge in [-0.2, -0.15) is 0 Å². The number of benzene rings is 6. The molecule has 0 saturated carbocycles. The number of hydrogen-bond donors (Lipinski definition) is 4. The van der Waals surface area contributed by atoms with Gasteiger partial charge in [-0.1, -0.05) is 85.0 Å². The summed E-state index contributed by atoms with van der Waals surface area (Å²) in [6, 6.07) is 35.6. The Bertz CT molecular complexity index is 3760. The summed E-state index contributed by atoms with van der Waals surface area (Å²) in [5.74, 6) is -16.2. The van der Waals surface area contributed by atoms with Crippen LogP contribution in [0.2, 0.25) is 0 Å². The molecule has 6 aliphatic rings. The molecule has 17 heteroatoms. The van der Waals surface area contributed by atoms with E-state index in [-0.39, 0.29) is 55.6 Å². The van der Waals surface area contributed by atoms with Crippen molar-refractivity contribution in [2.75, 3.05) is 9.80 Å². The van der Waals surface area contributed by atoms with Crippen LogP contribution in [0, 0.1) is 0 Å². The molecule has 0 saturated heterocycles. The third-order valence-electron chi connectivity index (χ3n) is 16.2. The molecule has 0 spiro atoms. The second-order valence-electron chi connectivity index (χ2n) is 20.4. The molecule has 6 aromatic carbocycles. The fourth-order valence-electron chi connectivity index (χ4n) is 12.3. The topological polar surface area (TPSA) is 183 Å². The molecule has 8 aromatic rings. The van der Waals surface area contributed by atoms with E-state index in [2.05, 4.69) is 0 Å². The highest BCUT2D eigenvalue weighted by atomic mass is 19.3. The van der Waals surface area contributed by atoms with Gasteiger partial charge in [0.25, 0.3) is 35.5 Å². The molecule has 0 radical (unpaired) electrons. The Balaban J connectivity index is 0.624. The molecule has 4 aliphatic carbocycles. The van der Waals surface area contributed by atoms with Gasteiger partial charge in [-0.15, -0.1) is 0 Å². The molecule has 14 rings (SSSR count). The average molecular weight is 1050 g/mol. The van der Waals surface area contributed by atoms with E-state index in [4.69, 9.17) is 0 Å². The molecule has 4 unspecified atom stereocenters. The summed E-state index contributed by atoms with van der Waals surface area (Å²) in [6.45, 7) is 0. The highest BCUT2D eigenvalue weighted by molar-refractivity contribution is 6.36. The summed E-state index contributed by atoms with van der Waals surface area (Å²) < 4.78 is 61.1. The number of anilines is 2. The number of hydrogen-bond acceptors (Lipinski definition) is 9. The Morgan fingerprint density at radius 3 is 0.949 bits per heavy atom. The average Bonchev–Trinajstić information content (AvgIpc) is 4.46. The van der Waals surface area contributed by atoms with Crippen molar-refractivity contribution in [3.05, 3.63) is 236 Å². The van der Waals surface area contributed by atoms with Crippen molar-refractivity contribution in [3.63, 3.8) is 0 Å². The normalized spacial score (nSPS) is 20.3. The van der Waals surface area contributed by atoms with E-state index in [1.54, 1.807) is 97.1 Å². The fourth-order valence-corrected chi connectivity index (χ4v) is 12.3. The lowest BCUT2D eigenvalue weighted by Crippen LogP contribution is -2.29. The predicted molar refractivity (Wildman–Crippen MR) is 274 cm³/mol. The number of carbonyl (C=O) groups is 5. The van der Waals surface area contributed by atoms with Crippen molar-refractivity contribution in [2.24, 2.45) is 0 Å². The zero-order valence-corrected chi connectivity index (χ0v) is 40.4. The summed E-state index contributed by atoms with van der Waals surface area (Å²) in [5.41, 5.74) is 5.20. The zero-order chi connectivity index (χ0) is 54.0. The van der Waals surface area contributed by atoms with Gasteiger partial charge in [0.05, 0.1) is 68.7 Å². The van der Waals surface area contributed by atoms with Crippen LogP contribution in [-0.2, 0) is 12.8 Å². The smallest absolute Gasteiger partial charge is 0.268 e. The van der Waals surface area contributed by atoms with Crippen LogP contribution in [0.4, 0.5) is 28.9 Å². The molecule has 78 heavy (non-hydrogen) atoms. The minimum absolute atomic E-state index is 0.0121. The van der Waals surface area contributed by atoms with Crippen molar-refractivity contribution >= 4 is 40.8 Å². The van der Waals surface area contributed by atoms with Crippen LogP contribution in [0.5, 0.6) is 23.5 Å². The van der Waals surface area contributed by atoms with E-state index in [1.807, 2.05) is 0 Å². The van der Waals surface area contributed by atoms with Gasteiger partial charge in [0.2, 0.25) is 23.5 Å². The van der Waals surface area contributed by atoms with Gasteiger partial charge in [-0.25, -0.2) is 27.4 Å².